The summed E-state index contributed by atoms with van der Waals surface area (Å²) in [7, 11) is 2.09. The molecule has 2 nitrogen and oxygen atoms in total. The predicted molar refractivity (Wildman–Crippen MR) is 61.9 cm³/mol. The highest BCUT2D eigenvalue weighted by Gasteiger charge is 2.14. The monoisotopic (exact) mass is 192 g/mol. The SMILES string of the molecule is CC.CC1=CCNC2=C1C=CN(C)C2. The maximum atomic E-state index is 3.39. The zero-order valence-electron chi connectivity index (χ0n) is 9.59. The fourth-order valence-corrected chi connectivity index (χ4v) is 1.65. The largest absolute Gasteiger partial charge is 0.383 e. The van der Waals surface area contributed by atoms with E-state index in [-0.39, 0.29) is 0 Å². The number of rotatable bonds is 0. The van der Waals surface area contributed by atoms with Gasteiger partial charge in [0.15, 0.2) is 0 Å². The molecule has 0 aromatic heterocycles. The lowest BCUT2D eigenvalue weighted by atomic mass is 10.00. The fourth-order valence-electron chi connectivity index (χ4n) is 1.65. The molecule has 0 aliphatic carbocycles. The molecule has 0 fully saturated rings. The van der Waals surface area contributed by atoms with Gasteiger partial charge in [0.25, 0.3) is 0 Å². The molecule has 0 spiro atoms. The number of allylic oxidation sites excluding steroid dienone is 3. The first kappa shape index (κ1) is 10.9. The highest BCUT2D eigenvalue weighted by Crippen LogP contribution is 2.21. The van der Waals surface area contributed by atoms with Gasteiger partial charge in [0.2, 0.25) is 0 Å². The molecule has 2 heterocycles. The first-order valence-electron chi connectivity index (χ1n) is 5.30. The number of nitrogens with zero attached hydrogens (tertiary/aromatic N) is 1. The van der Waals surface area contributed by atoms with Crippen LogP contribution in [0.2, 0.25) is 0 Å². The van der Waals surface area contributed by atoms with Gasteiger partial charge in [-0.2, -0.15) is 0 Å². The van der Waals surface area contributed by atoms with E-state index in [0.29, 0.717) is 0 Å². The third-order valence-corrected chi connectivity index (χ3v) is 2.38. The van der Waals surface area contributed by atoms with Gasteiger partial charge < -0.3 is 10.2 Å². The topological polar surface area (TPSA) is 15.3 Å². The highest BCUT2D eigenvalue weighted by atomic mass is 15.1. The number of nitrogens with one attached hydrogen (secondary N) is 1. The molecule has 0 saturated heterocycles. The summed E-state index contributed by atoms with van der Waals surface area (Å²) in [5, 5.41) is 3.39. The minimum absolute atomic E-state index is 0.979. The van der Waals surface area contributed by atoms with Gasteiger partial charge in [-0.15, -0.1) is 0 Å². The van der Waals surface area contributed by atoms with Gasteiger partial charge in [-0.3, -0.25) is 0 Å². The van der Waals surface area contributed by atoms with E-state index in [1.54, 1.807) is 0 Å². The standard InChI is InChI=1S/C10H14N2.C2H6/c1-8-3-5-11-10-7-12(2)6-4-9(8)10;1-2/h3-4,6,11H,5,7H2,1-2H3;1-2H3. The van der Waals surface area contributed by atoms with Crippen LogP contribution in [-0.4, -0.2) is 25.0 Å². The molecular weight excluding hydrogens is 172 g/mol. The third-order valence-electron chi connectivity index (χ3n) is 2.38. The number of dihydropyridines is 1. The lowest BCUT2D eigenvalue weighted by molar-refractivity contribution is 0.471. The number of hydrogen-bond acceptors (Lipinski definition) is 2. The lowest BCUT2D eigenvalue weighted by Crippen LogP contribution is -2.30. The smallest absolute Gasteiger partial charge is 0.0574 e. The minimum atomic E-state index is 0.979. The van der Waals surface area contributed by atoms with Crippen molar-refractivity contribution in [3.8, 4) is 0 Å². The number of hydrogen-bond donors (Lipinski definition) is 1. The van der Waals surface area contributed by atoms with Crippen molar-refractivity contribution in [2.45, 2.75) is 20.8 Å². The van der Waals surface area contributed by atoms with Crippen LogP contribution < -0.4 is 5.32 Å². The minimum Gasteiger partial charge on any atom is -0.383 e. The van der Waals surface area contributed by atoms with E-state index in [2.05, 4.69) is 42.5 Å². The summed E-state index contributed by atoms with van der Waals surface area (Å²) in [6, 6.07) is 0. The van der Waals surface area contributed by atoms with Gasteiger partial charge in [0.05, 0.1) is 6.54 Å². The summed E-state index contributed by atoms with van der Waals surface area (Å²) in [6.07, 6.45) is 6.54. The zero-order valence-corrected chi connectivity index (χ0v) is 9.59. The molecule has 0 saturated carbocycles. The molecule has 2 aliphatic heterocycles. The number of likely N-dealkylation sites (N-methyl/N-ethyl adjacent to an activating group) is 1. The Balaban J connectivity index is 0.000000461. The second kappa shape index (κ2) is 4.89. The molecule has 0 radical (unpaired) electrons. The zero-order chi connectivity index (χ0) is 10.6. The van der Waals surface area contributed by atoms with Gasteiger partial charge in [-0.1, -0.05) is 19.9 Å². The summed E-state index contributed by atoms with van der Waals surface area (Å²) in [5.74, 6) is 0. The third kappa shape index (κ3) is 2.19. The van der Waals surface area contributed by atoms with Crippen molar-refractivity contribution in [1.29, 1.82) is 0 Å². The fraction of sp³-hybridized carbons (Fsp3) is 0.500. The van der Waals surface area contributed by atoms with Crippen molar-refractivity contribution >= 4 is 0 Å². The van der Waals surface area contributed by atoms with E-state index in [1.165, 1.54) is 16.8 Å². The van der Waals surface area contributed by atoms with Crippen LogP contribution in [0.5, 0.6) is 0 Å². The Kier molecular flexibility index (Phi) is 3.81. The first-order valence-corrected chi connectivity index (χ1v) is 5.30. The maximum absolute atomic E-state index is 3.39. The van der Waals surface area contributed by atoms with Crippen LogP contribution in [0.3, 0.4) is 0 Å². The Morgan fingerprint density at radius 2 is 2.07 bits per heavy atom. The summed E-state index contributed by atoms with van der Waals surface area (Å²) >= 11 is 0. The first-order chi connectivity index (χ1) is 6.77. The van der Waals surface area contributed by atoms with Crippen molar-refractivity contribution in [3.63, 3.8) is 0 Å². The predicted octanol–water partition coefficient (Wildman–Crippen LogP) is 2.28. The highest BCUT2D eigenvalue weighted by molar-refractivity contribution is 5.46. The van der Waals surface area contributed by atoms with Gasteiger partial charge in [-0.05, 0) is 30.3 Å². The Hall–Kier alpha value is -1.18. The van der Waals surface area contributed by atoms with Crippen LogP contribution in [0.15, 0.2) is 35.2 Å². The molecule has 2 rings (SSSR count). The van der Waals surface area contributed by atoms with Crippen molar-refractivity contribution in [2.75, 3.05) is 20.1 Å². The van der Waals surface area contributed by atoms with E-state index in [0.717, 1.165) is 13.1 Å². The van der Waals surface area contributed by atoms with E-state index in [9.17, 15) is 0 Å². The summed E-state index contributed by atoms with van der Waals surface area (Å²) < 4.78 is 0. The second-order valence-electron chi connectivity index (χ2n) is 3.39. The van der Waals surface area contributed by atoms with Crippen LogP contribution >= 0.6 is 0 Å². The molecule has 1 N–H and O–H groups in total. The second-order valence-corrected chi connectivity index (χ2v) is 3.39. The molecular formula is C12H20N2. The molecule has 2 aliphatic rings. The molecule has 0 atom stereocenters. The molecule has 0 aromatic carbocycles. The molecule has 0 amide bonds. The van der Waals surface area contributed by atoms with Crippen LogP contribution in [0, 0.1) is 0 Å². The molecule has 0 bridgehead atoms. The van der Waals surface area contributed by atoms with Crippen molar-refractivity contribution in [2.24, 2.45) is 0 Å². The van der Waals surface area contributed by atoms with Gasteiger partial charge in [-0.25, -0.2) is 0 Å². The van der Waals surface area contributed by atoms with Crippen molar-refractivity contribution in [3.05, 3.63) is 35.2 Å². The van der Waals surface area contributed by atoms with Gasteiger partial charge in [0.1, 0.15) is 0 Å². The van der Waals surface area contributed by atoms with Crippen LogP contribution in [0.4, 0.5) is 0 Å². The Morgan fingerprint density at radius 1 is 1.36 bits per heavy atom. The van der Waals surface area contributed by atoms with E-state index in [1.807, 2.05) is 13.8 Å². The van der Waals surface area contributed by atoms with E-state index in [4.69, 9.17) is 0 Å². The molecule has 0 unspecified atom stereocenters. The van der Waals surface area contributed by atoms with Crippen molar-refractivity contribution in [1.82, 2.24) is 10.2 Å². The van der Waals surface area contributed by atoms with Crippen molar-refractivity contribution < 1.29 is 0 Å². The summed E-state index contributed by atoms with van der Waals surface area (Å²) in [6.45, 7) is 8.16. The molecule has 2 heteroatoms. The molecule has 78 valence electrons. The molecule has 0 aromatic rings. The maximum Gasteiger partial charge on any atom is 0.0574 e. The Labute approximate surface area is 87.0 Å². The average Bonchev–Trinajstić information content (AvgIpc) is 2.21. The van der Waals surface area contributed by atoms with Crippen LogP contribution in [0.25, 0.3) is 0 Å². The van der Waals surface area contributed by atoms with E-state index >= 15 is 0 Å². The van der Waals surface area contributed by atoms with E-state index < -0.39 is 0 Å². The lowest BCUT2D eigenvalue weighted by Gasteiger charge is -2.27. The molecule has 14 heavy (non-hydrogen) atoms. The van der Waals surface area contributed by atoms with Gasteiger partial charge in [0, 0.05) is 19.3 Å². The quantitative estimate of drug-likeness (QED) is 0.633. The average molecular weight is 192 g/mol. The normalized spacial score (nSPS) is 19.1. The Bertz CT molecular complexity index is 285. The van der Waals surface area contributed by atoms with Crippen LogP contribution in [0.1, 0.15) is 20.8 Å². The summed E-state index contributed by atoms with van der Waals surface area (Å²) in [4.78, 5) is 2.18. The Morgan fingerprint density at radius 3 is 2.79 bits per heavy atom. The summed E-state index contributed by atoms with van der Waals surface area (Å²) in [5.41, 5.74) is 4.13. The van der Waals surface area contributed by atoms with Crippen LogP contribution in [-0.2, 0) is 0 Å². The van der Waals surface area contributed by atoms with Gasteiger partial charge >= 0.3 is 0 Å².